The largest absolute Gasteiger partial charge is 0.497 e. The van der Waals surface area contributed by atoms with Crippen LogP contribution in [0.25, 0.3) is 0 Å². The molecule has 0 bridgehead atoms. The van der Waals surface area contributed by atoms with Crippen LogP contribution in [0.5, 0.6) is 5.75 Å². The predicted octanol–water partition coefficient (Wildman–Crippen LogP) is 1.97. The minimum Gasteiger partial charge on any atom is -0.497 e. The van der Waals surface area contributed by atoms with Gasteiger partial charge in [0.2, 0.25) is 10.0 Å². The maximum Gasteiger partial charge on any atom is 0.293 e. The zero-order valence-electron chi connectivity index (χ0n) is 15.2. The van der Waals surface area contributed by atoms with E-state index in [-0.39, 0.29) is 22.3 Å². The predicted molar refractivity (Wildman–Crippen MR) is 102 cm³/mol. The Labute approximate surface area is 157 Å². The maximum atomic E-state index is 11.4. The number of primary sulfonamides is 1. The SMILES string of the molecule is COc1cccc(C(CNc2ccc(S(N)(=O)=O)cc2[N+](=O)[O-])N(C)C)c1. The number of methoxy groups -OCH3 is 1. The van der Waals surface area contributed by atoms with E-state index in [0.717, 1.165) is 11.6 Å². The summed E-state index contributed by atoms with van der Waals surface area (Å²) in [5, 5.41) is 19.4. The summed E-state index contributed by atoms with van der Waals surface area (Å²) in [6, 6.07) is 11.0. The molecule has 0 aromatic heterocycles. The van der Waals surface area contributed by atoms with E-state index in [2.05, 4.69) is 5.32 Å². The monoisotopic (exact) mass is 394 g/mol. The standard InChI is InChI=1S/C17H22N4O5S/c1-20(2)17(12-5-4-6-13(9-12)26-3)11-19-15-8-7-14(27(18,24)25)10-16(15)21(22)23/h4-10,17,19H,11H2,1-3H3,(H2,18,24,25). The number of rotatable bonds is 8. The summed E-state index contributed by atoms with van der Waals surface area (Å²) in [6.07, 6.45) is 0. The summed E-state index contributed by atoms with van der Waals surface area (Å²) in [6.45, 7) is 0.357. The third kappa shape index (κ3) is 5.16. The molecule has 0 radical (unpaired) electrons. The van der Waals surface area contributed by atoms with Crippen molar-refractivity contribution in [3.8, 4) is 5.75 Å². The van der Waals surface area contributed by atoms with Crippen molar-refractivity contribution in [1.29, 1.82) is 0 Å². The lowest BCUT2D eigenvalue weighted by Gasteiger charge is -2.26. The molecule has 0 aliphatic heterocycles. The number of nitrogens with one attached hydrogen (secondary N) is 1. The minimum atomic E-state index is -4.03. The number of hydrogen-bond donors (Lipinski definition) is 2. The molecule has 0 amide bonds. The Morgan fingerprint density at radius 2 is 1.96 bits per heavy atom. The first-order valence-corrected chi connectivity index (χ1v) is 9.53. The molecule has 146 valence electrons. The number of likely N-dealkylation sites (N-methyl/N-ethyl adjacent to an activating group) is 1. The smallest absolute Gasteiger partial charge is 0.293 e. The molecule has 2 aromatic rings. The minimum absolute atomic E-state index is 0.0994. The third-order valence-corrected chi connectivity index (χ3v) is 4.99. The second-order valence-corrected chi connectivity index (χ2v) is 7.68. The molecule has 10 heteroatoms. The highest BCUT2D eigenvalue weighted by Gasteiger charge is 2.21. The molecule has 0 fully saturated rings. The van der Waals surface area contributed by atoms with Gasteiger partial charge in [0.05, 0.1) is 23.0 Å². The Kier molecular flexibility index (Phi) is 6.37. The molecule has 2 aromatic carbocycles. The quantitative estimate of drug-likeness (QED) is 0.517. The van der Waals surface area contributed by atoms with Crippen molar-refractivity contribution in [2.45, 2.75) is 10.9 Å². The molecule has 0 heterocycles. The molecule has 0 aliphatic rings. The Morgan fingerprint density at radius 3 is 2.52 bits per heavy atom. The van der Waals surface area contributed by atoms with Crippen molar-refractivity contribution < 1.29 is 18.1 Å². The zero-order valence-corrected chi connectivity index (χ0v) is 16.1. The molecule has 1 unspecified atom stereocenters. The van der Waals surface area contributed by atoms with Crippen LogP contribution in [-0.2, 0) is 10.0 Å². The summed E-state index contributed by atoms with van der Waals surface area (Å²) < 4.78 is 28.1. The van der Waals surface area contributed by atoms with Gasteiger partial charge in [0.15, 0.2) is 0 Å². The number of nitrogens with zero attached hydrogens (tertiary/aromatic N) is 2. The average molecular weight is 394 g/mol. The van der Waals surface area contributed by atoms with Crippen LogP contribution >= 0.6 is 0 Å². The van der Waals surface area contributed by atoms with Gasteiger partial charge in [0.1, 0.15) is 11.4 Å². The lowest BCUT2D eigenvalue weighted by molar-refractivity contribution is -0.384. The second-order valence-electron chi connectivity index (χ2n) is 6.12. The van der Waals surface area contributed by atoms with Crippen molar-refractivity contribution in [2.75, 3.05) is 33.1 Å². The van der Waals surface area contributed by atoms with E-state index in [4.69, 9.17) is 9.88 Å². The fourth-order valence-corrected chi connectivity index (χ4v) is 3.18. The van der Waals surface area contributed by atoms with Crippen LogP contribution in [0.3, 0.4) is 0 Å². The van der Waals surface area contributed by atoms with E-state index < -0.39 is 14.9 Å². The van der Waals surface area contributed by atoms with Crippen LogP contribution < -0.4 is 15.2 Å². The molecule has 9 nitrogen and oxygen atoms in total. The van der Waals surface area contributed by atoms with Crippen LogP contribution in [0.4, 0.5) is 11.4 Å². The highest BCUT2D eigenvalue weighted by atomic mass is 32.2. The van der Waals surface area contributed by atoms with Gasteiger partial charge in [-0.1, -0.05) is 12.1 Å². The Hall–Kier alpha value is -2.69. The molecule has 3 N–H and O–H groups in total. The van der Waals surface area contributed by atoms with E-state index in [9.17, 15) is 18.5 Å². The molecule has 0 saturated heterocycles. The van der Waals surface area contributed by atoms with Gasteiger partial charge in [0, 0.05) is 12.6 Å². The average Bonchev–Trinajstić information content (AvgIpc) is 2.60. The maximum absolute atomic E-state index is 11.4. The van der Waals surface area contributed by atoms with Crippen molar-refractivity contribution in [3.63, 3.8) is 0 Å². The lowest BCUT2D eigenvalue weighted by Crippen LogP contribution is -2.27. The number of ether oxygens (including phenoxy) is 1. The number of nitro benzene ring substituents is 1. The highest BCUT2D eigenvalue weighted by molar-refractivity contribution is 7.89. The molecule has 27 heavy (non-hydrogen) atoms. The Morgan fingerprint density at radius 1 is 1.26 bits per heavy atom. The number of benzene rings is 2. The first kappa shape index (κ1) is 20.6. The van der Waals surface area contributed by atoms with Gasteiger partial charge in [-0.05, 0) is 43.9 Å². The van der Waals surface area contributed by atoms with Crippen molar-refractivity contribution >= 4 is 21.4 Å². The fourth-order valence-electron chi connectivity index (χ4n) is 2.64. The normalized spacial score (nSPS) is 12.6. The summed E-state index contributed by atoms with van der Waals surface area (Å²) in [5.74, 6) is 0.711. The van der Waals surface area contributed by atoms with Gasteiger partial charge in [0.25, 0.3) is 5.69 Å². The van der Waals surface area contributed by atoms with Gasteiger partial charge >= 0.3 is 0 Å². The molecule has 0 aliphatic carbocycles. The summed E-state index contributed by atoms with van der Waals surface area (Å²) in [7, 11) is 1.34. The zero-order chi connectivity index (χ0) is 20.2. The summed E-state index contributed by atoms with van der Waals surface area (Å²) in [4.78, 5) is 12.3. The van der Waals surface area contributed by atoms with E-state index in [1.807, 2.05) is 43.3 Å². The molecular formula is C17H22N4O5S. The highest BCUT2D eigenvalue weighted by Crippen LogP contribution is 2.29. The topological polar surface area (TPSA) is 128 Å². The van der Waals surface area contributed by atoms with Gasteiger partial charge < -0.3 is 15.0 Å². The van der Waals surface area contributed by atoms with E-state index in [1.165, 1.54) is 12.1 Å². The molecular weight excluding hydrogens is 372 g/mol. The Balaban J connectivity index is 2.30. The first-order chi connectivity index (χ1) is 12.6. The van der Waals surface area contributed by atoms with Gasteiger partial charge in [-0.25, -0.2) is 13.6 Å². The summed E-state index contributed by atoms with van der Waals surface area (Å²) >= 11 is 0. The van der Waals surface area contributed by atoms with Crippen LogP contribution in [0.1, 0.15) is 11.6 Å². The fraction of sp³-hybridized carbons (Fsp3) is 0.294. The summed E-state index contributed by atoms with van der Waals surface area (Å²) in [5.41, 5.74) is 0.822. The van der Waals surface area contributed by atoms with Crippen LogP contribution in [0, 0.1) is 10.1 Å². The van der Waals surface area contributed by atoms with Crippen molar-refractivity contribution in [2.24, 2.45) is 5.14 Å². The molecule has 0 spiro atoms. The van der Waals surface area contributed by atoms with E-state index in [0.29, 0.717) is 12.3 Å². The van der Waals surface area contributed by atoms with E-state index in [1.54, 1.807) is 7.11 Å². The van der Waals surface area contributed by atoms with Crippen LogP contribution in [0.2, 0.25) is 0 Å². The number of hydrogen-bond acceptors (Lipinski definition) is 7. The van der Waals surface area contributed by atoms with Gasteiger partial charge in [-0.3, -0.25) is 10.1 Å². The first-order valence-electron chi connectivity index (χ1n) is 7.99. The number of nitro groups is 1. The molecule has 2 rings (SSSR count). The molecule has 1 atom stereocenters. The number of sulfonamides is 1. The van der Waals surface area contributed by atoms with Crippen molar-refractivity contribution in [1.82, 2.24) is 4.90 Å². The van der Waals surface area contributed by atoms with Crippen molar-refractivity contribution in [3.05, 3.63) is 58.1 Å². The third-order valence-electron chi connectivity index (χ3n) is 4.08. The lowest BCUT2D eigenvalue weighted by atomic mass is 10.1. The Bertz CT molecular complexity index is 931. The second kappa shape index (κ2) is 8.33. The van der Waals surface area contributed by atoms with Gasteiger partial charge in [-0.15, -0.1) is 0 Å². The van der Waals surface area contributed by atoms with Crippen LogP contribution in [-0.4, -0.2) is 46.0 Å². The van der Waals surface area contributed by atoms with Gasteiger partial charge in [-0.2, -0.15) is 0 Å². The molecule has 0 saturated carbocycles. The number of anilines is 1. The van der Waals surface area contributed by atoms with Crippen LogP contribution in [0.15, 0.2) is 47.4 Å². The van der Waals surface area contributed by atoms with E-state index >= 15 is 0 Å². The number of nitrogens with two attached hydrogens (primary N) is 1.